The van der Waals surface area contributed by atoms with E-state index in [2.05, 4.69) is 10.0 Å². The molecule has 0 saturated carbocycles. The molecule has 114 valence electrons. The first-order chi connectivity index (χ1) is 10.0. The van der Waals surface area contributed by atoms with Crippen LogP contribution in [-0.2, 0) is 23.0 Å². The van der Waals surface area contributed by atoms with Gasteiger partial charge in [0.2, 0.25) is 0 Å². The van der Waals surface area contributed by atoms with Crippen molar-refractivity contribution in [2.24, 2.45) is 0 Å². The molecule has 0 unspecified atom stereocenters. The number of thiophene rings is 1. The highest BCUT2D eigenvalue weighted by Crippen LogP contribution is 2.24. The lowest BCUT2D eigenvalue weighted by Crippen LogP contribution is -2.13. The normalized spacial score (nSPS) is 11.5. The SMILES string of the molecule is CCNCc1cccc(NS(=O)(=O)c2ccc(CC)s2)c1. The van der Waals surface area contributed by atoms with Crippen molar-refractivity contribution in [2.75, 3.05) is 11.3 Å². The third-order valence-electron chi connectivity index (χ3n) is 3.01. The van der Waals surface area contributed by atoms with Crippen molar-refractivity contribution < 1.29 is 8.42 Å². The molecule has 0 aliphatic carbocycles. The summed E-state index contributed by atoms with van der Waals surface area (Å²) >= 11 is 1.31. The predicted molar refractivity (Wildman–Crippen MR) is 88.3 cm³/mol. The molecule has 0 fully saturated rings. The Morgan fingerprint density at radius 1 is 1.14 bits per heavy atom. The van der Waals surface area contributed by atoms with Gasteiger partial charge in [-0.25, -0.2) is 8.42 Å². The summed E-state index contributed by atoms with van der Waals surface area (Å²) in [6.07, 6.45) is 0.846. The van der Waals surface area contributed by atoms with Crippen molar-refractivity contribution in [3.05, 3.63) is 46.8 Å². The van der Waals surface area contributed by atoms with Crippen molar-refractivity contribution in [3.63, 3.8) is 0 Å². The molecule has 0 aliphatic rings. The second kappa shape index (κ2) is 7.06. The quantitative estimate of drug-likeness (QED) is 0.822. The molecule has 4 nitrogen and oxygen atoms in total. The molecular weight excluding hydrogens is 304 g/mol. The molecule has 1 aromatic heterocycles. The number of hydrogen-bond donors (Lipinski definition) is 2. The van der Waals surface area contributed by atoms with Crippen LogP contribution >= 0.6 is 11.3 Å². The number of nitrogens with one attached hydrogen (secondary N) is 2. The highest BCUT2D eigenvalue weighted by molar-refractivity contribution is 7.94. The lowest BCUT2D eigenvalue weighted by molar-refractivity contribution is 0.603. The monoisotopic (exact) mass is 324 g/mol. The van der Waals surface area contributed by atoms with Crippen molar-refractivity contribution in [1.82, 2.24) is 5.32 Å². The molecule has 0 amide bonds. The number of hydrogen-bond acceptors (Lipinski definition) is 4. The topological polar surface area (TPSA) is 58.2 Å². The largest absolute Gasteiger partial charge is 0.313 e. The van der Waals surface area contributed by atoms with Gasteiger partial charge in [-0.15, -0.1) is 11.3 Å². The van der Waals surface area contributed by atoms with Crippen LogP contribution in [0, 0.1) is 0 Å². The Labute approximate surface area is 130 Å². The van der Waals surface area contributed by atoms with Crippen LogP contribution in [0.1, 0.15) is 24.3 Å². The summed E-state index contributed by atoms with van der Waals surface area (Å²) in [5.41, 5.74) is 1.65. The number of benzene rings is 1. The van der Waals surface area contributed by atoms with Gasteiger partial charge < -0.3 is 5.32 Å². The van der Waals surface area contributed by atoms with Gasteiger partial charge >= 0.3 is 0 Å². The van der Waals surface area contributed by atoms with Gasteiger partial charge in [0.05, 0.1) is 0 Å². The van der Waals surface area contributed by atoms with Crippen LogP contribution in [0.4, 0.5) is 5.69 Å². The first-order valence-electron chi connectivity index (χ1n) is 6.96. The Bertz CT molecular complexity index is 693. The van der Waals surface area contributed by atoms with E-state index in [1.165, 1.54) is 11.3 Å². The number of anilines is 1. The van der Waals surface area contributed by atoms with Gasteiger partial charge in [0.1, 0.15) is 4.21 Å². The van der Waals surface area contributed by atoms with E-state index in [0.29, 0.717) is 9.90 Å². The van der Waals surface area contributed by atoms with Crippen molar-refractivity contribution in [2.45, 2.75) is 31.0 Å². The zero-order valence-corrected chi connectivity index (χ0v) is 13.9. The van der Waals surface area contributed by atoms with E-state index >= 15 is 0 Å². The minimum absolute atomic E-state index is 0.358. The molecule has 0 atom stereocenters. The second-order valence-corrected chi connectivity index (χ2v) is 7.74. The molecule has 2 N–H and O–H groups in total. The second-order valence-electron chi connectivity index (χ2n) is 4.66. The molecule has 21 heavy (non-hydrogen) atoms. The summed E-state index contributed by atoms with van der Waals surface area (Å²) < 4.78 is 27.7. The van der Waals surface area contributed by atoms with Gasteiger partial charge in [0.25, 0.3) is 10.0 Å². The van der Waals surface area contributed by atoms with Crippen molar-refractivity contribution in [3.8, 4) is 0 Å². The van der Waals surface area contributed by atoms with Crippen LogP contribution in [-0.4, -0.2) is 15.0 Å². The van der Waals surface area contributed by atoms with Gasteiger partial charge in [0.15, 0.2) is 0 Å². The van der Waals surface area contributed by atoms with Crippen LogP contribution in [0.15, 0.2) is 40.6 Å². The molecule has 0 aliphatic heterocycles. The van der Waals surface area contributed by atoms with Crippen LogP contribution in [0.5, 0.6) is 0 Å². The summed E-state index contributed by atoms with van der Waals surface area (Å²) in [5.74, 6) is 0. The molecule has 1 heterocycles. The van der Waals surface area contributed by atoms with Gasteiger partial charge in [-0.2, -0.15) is 0 Å². The number of aryl methyl sites for hydroxylation is 1. The summed E-state index contributed by atoms with van der Waals surface area (Å²) in [6.45, 7) is 5.66. The highest BCUT2D eigenvalue weighted by atomic mass is 32.2. The van der Waals surface area contributed by atoms with Gasteiger partial charge in [-0.3, -0.25) is 4.72 Å². The minimum atomic E-state index is -3.49. The molecule has 0 spiro atoms. The van der Waals surface area contributed by atoms with Crippen molar-refractivity contribution in [1.29, 1.82) is 0 Å². The molecule has 0 saturated heterocycles. The smallest absolute Gasteiger partial charge is 0.271 e. The fourth-order valence-corrected chi connectivity index (χ4v) is 4.26. The Hall–Kier alpha value is -1.37. The maximum Gasteiger partial charge on any atom is 0.271 e. The van der Waals surface area contributed by atoms with Crippen LogP contribution in [0.25, 0.3) is 0 Å². The fraction of sp³-hybridized carbons (Fsp3) is 0.333. The molecular formula is C15H20N2O2S2. The lowest BCUT2D eigenvalue weighted by Gasteiger charge is -2.08. The standard InChI is InChI=1S/C15H20N2O2S2/c1-3-14-8-9-15(20-14)21(18,19)17-13-7-5-6-12(10-13)11-16-4-2/h5-10,16-17H,3-4,11H2,1-2H3. The van der Waals surface area contributed by atoms with Crippen LogP contribution in [0.3, 0.4) is 0 Å². The van der Waals surface area contributed by atoms with Gasteiger partial charge in [-0.05, 0) is 42.8 Å². The van der Waals surface area contributed by atoms with E-state index in [4.69, 9.17) is 0 Å². The zero-order chi connectivity index (χ0) is 15.3. The van der Waals surface area contributed by atoms with Crippen LogP contribution < -0.4 is 10.0 Å². The minimum Gasteiger partial charge on any atom is -0.313 e. The zero-order valence-electron chi connectivity index (χ0n) is 12.2. The fourth-order valence-electron chi connectivity index (χ4n) is 1.91. The van der Waals surface area contributed by atoms with E-state index in [1.807, 2.05) is 38.1 Å². The molecule has 2 rings (SSSR count). The predicted octanol–water partition coefficient (Wildman–Crippen LogP) is 3.22. The Morgan fingerprint density at radius 3 is 2.62 bits per heavy atom. The molecule has 1 aromatic carbocycles. The Balaban J connectivity index is 2.16. The maximum absolute atomic E-state index is 12.3. The average molecular weight is 324 g/mol. The van der Waals surface area contributed by atoms with E-state index in [9.17, 15) is 8.42 Å². The summed E-state index contributed by atoms with van der Waals surface area (Å²) in [7, 11) is -3.49. The van der Waals surface area contributed by atoms with Crippen LogP contribution in [0.2, 0.25) is 0 Å². The van der Waals surface area contributed by atoms with E-state index < -0.39 is 10.0 Å². The maximum atomic E-state index is 12.3. The Kier molecular flexibility index (Phi) is 5.39. The van der Waals surface area contributed by atoms with E-state index in [1.54, 1.807) is 12.1 Å². The van der Waals surface area contributed by atoms with E-state index in [0.717, 1.165) is 30.0 Å². The number of sulfonamides is 1. The molecule has 0 radical (unpaired) electrons. The molecule has 0 bridgehead atoms. The summed E-state index contributed by atoms with van der Waals surface area (Å²) in [5, 5.41) is 3.22. The van der Waals surface area contributed by atoms with Crippen molar-refractivity contribution >= 4 is 27.0 Å². The summed E-state index contributed by atoms with van der Waals surface area (Å²) in [4.78, 5) is 1.07. The molecule has 6 heteroatoms. The number of rotatable bonds is 7. The first-order valence-corrected chi connectivity index (χ1v) is 9.26. The third kappa shape index (κ3) is 4.30. The molecule has 2 aromatic rings. The first kappa shape index (κ1) is 16.0. The highest BCUT2D eigenvalue weighted by Gasteiger charge is 2.16. The summed E-state index contributed by atoms with van der Waals surface area (Å²) in [6, 6.07) is 11.0. The van der Waals surface area contributed by atoms with E-state index in [-0.39, 0.29) is 0 Å². The van der Waals surface area contributed by atoms with Gasteiger partial charge in [0, 0.05) is 17.1 Å². The average Bonchev–Trinajstić information content (AvgIpc) is 2.95. The third-order valence-corrected chi connectivity index (χ3v) is 6.11. The lowest BCUT2D eigenvalue weighted by atomic mass is 10.2. The Morgan fingerprint density at radius 2 is 1.95 bits per heavy atom. The van der Waals surface area contributed by atoms with Gasteiger partial charge in [-0.1, -0.05) is 26.0 Å².